The zero-order valence-electron chi connectivity index (χ0n) is 16.7. The Morgan fingerprint density at radius 3 is 2.29 bits per heavy atom. The maximum atomic E-state index is 12.6. The molecule has 1 aliphatic heterocycles. The first-order valence-corrected chi connectivity index (χ1v) is 10.4. The minimum absolute atomic E-state index is 0.0316. The van der Waals surface area contributed by atoms with E-state index in [1.807, 2.05) is 0 Å². The van der Waals surface area contributed by atoms with Crippen LogP contribution in [-0.4, -0.2) is 48.0 Å². The van der Waals surface area contributed by atoms with Gasteiger partial charge in [-0.15, -0.1) is 13.2 Å². The SMILES string of the molecule is O=C(Cc1ccc(OC(F)(F)F)cc1)N[C@H](CN1CCCC1)[C@H](O)c1ccc(Cl)cc1. The Bertz CT molecular complexity index is 854. The van der Waals surface area contributed by atoms with E-state index in [1.54, 1.807) is 24.3 Å². The molecular formula is C22H24ClF3N2O3. The van der Waals surface area contributed by atoms with Gasteiger partial charge in [0.2, 0.25) is 5.91 Å². The molecule has 31 heavy (non-hydrogen) atoms. The summed E-state index contributed by atoms with van der Waals surface area (Å²) in [5.74, 6) is -0.677. The van der Waals surface area contributed by atoms with E-state index in [1.165, 1.54) is 24.3 Å². The van der Waals surface area contributed by atoms with Crippen molar-refractivity contribution in [3.05, 3.63) is 64.7 Å². The van der Waals surface area contributed by atoms with Crippen molar-refractivity contribution in [3.63, 3.8) is 0 Å². The van der Waals surface area contributed by atoms with Gasteiger partial charge in [-0.3, -0.25) is 4.79 Å². The van der Waals surface area contributed by atoms with Crippen molar-refractivity contribution in [1.82, 2.24) is 10.2 Å². The molecule has 2 aromatic rings. The highest BCUT2D eigenvalue weighted by atomic mass is 35.5. The summed E-state index contributed by atoms with van der Waals surface area (Å²) in [5, 5.41) is 14.3. The van der Waals surface area contributed by atoms with E-state index >= 15 is 0 Å². The van der Waals surface area contributed by atoms with Gasteiger partial charge in [0.05, 0.1) is 12.5 Å². The van der Waals surface area contributed by atoms with Gasteiger partial charge in [0.15, 0.2) is 0 Å². The van der Waals surface area contributed by atoms with Gasteiger partial charge in [-0.25, -0.2) is 0 Å². The number of nitrogens with one attached hydrogen (secondary N) is 1. The molecule has 1 fully saturated rings. The largest absolute Gasteiger partial charge is 0.573 e. The van der Waals surface area contributed by atoms with Crippen LogP contribution in [0.25, 0.3) is 0 Å². The lowest BCUT2D eigenvalue weighted by Crippen LogP contribution is -2.47. The van der Waals surface area contributed by atoms with Crippen molar-refractivity contribution in [3.8, 4) is 5.75 Å². The standard InChI is InChI=1S/C22H24ClF3N2O3/c23-17-7-5-16(6-8-17)21(30)19(14-28-11-1-2-12-28)27-20(29)13-15-3-9-18(10-4-15)31-22(24,25)26/h3-10,19,21,30H,1-2,11-14H2,(H,27,29)/t19-,21-/m1/s1. The third-order valence-electron chi connectivity index (χ3n) is 5.11. The summed E-state index contributed by atoms with van der Waals surface area (Å²) in [6, 6.07) is 11.4. The molecule has 2 aromatic carbocycles. The molecule has 2 atom stereocenters. The van der Waals surface area contributed by atoms with Crippen LogP contribution in [0.15, 0.2) is 48.5 Å². The molecule has 5 nitrogen and oxygen atoms in total. The third-order valence-corrected chi connectivity index (χ3v) is 5.37. The second-order valence-corrected chi connectivity index (χ2v) is 7.98. The first-order valence-electron chi connectivity index (χ1n) is 9.99. The van der Waals surface area contributed by atoms with E-state index < -0.39 is 18.5 Å². The molecule has 9 heteroatoms. The molecule has 0 aromatic heterocycles. The van der Waals surface area contributed by atoms with Gasteiger partial charge in [0.25, 0.3) is 0 Å². The van der Waals surface area contributed by atoms with E-state index in [0.717, 1.165) is 25.9 Å². The van der Waals surface area contributed by atoms with Crippen LogP contribution in [0.2, 0.25) is 5.02 Å². The van der Waals surface area contributed by atoms with Crippen LogP contribution < -0.4 is 10.1 Å². The topological polar surface area (TPSA) is 61.8 Å². The highest BCUT2D eigenvalue weighted by Gasteiger charge is 2.31. The number of aliphatic hydroxyl groups is 1. The van der Waals surface area contributed by atoms with Gasteiger partial charge >= 0.3 is 6.36 Å². The number of ether oxygens (including phenoxy) is 1. The maximum absolute atomic E-state index is 12.6. The fraction of sp³-hybridized carbons (Fsp3) is 0.409. The molecule has 3 rings (SSSR count). The summed E-state index contributed by atoms with van der Waals surface area (Å²) in [6.07, 6.45) is -3.58. The molecule has 0 saturated carbocycles. The number of aliphatic hydroxyl groups excluding tert-OH is 1. The molecular weight excluding hydrogens is 433 g/mol. The maximum Gasteiger partial charge on any atom is 0.573 e. The fourth-order valence-corrected chi connectivity index (χ4v) is 3.74. The first-order chi connectivity index (χ1) is 14.7. The number of nitrogens with zero attached hydrogens (tertiary/aromatic N) is 1. The van der Waals surface area contributed by atoms with Crippen LogP contribution in [0.4, 0.5) is 13.2 Å². The number of amides is 1. The number of carbonyl (C=O) groups is 1. The molecule has 1 amide bonds. The second-order valence-electron chi connectivity index (χ2n) is 7.55. The van der Waals surface area contributed by atoms with Gasteiger partial charge in [0.1, 0.15) is 11.9 Å². The predicted molar refractivity (Wildman–Crippen MR) is 111 cm³/mol. The summed E-state index contributed by atoms with van der Waals surface area (Å²) >= 11 is 5.92. The van der Waals surface area contributed by atoms with Gasteiger partial charge in [0, 0.05) is 11.6 Å². The van der Waals surface area contributed by atoms with Crippen molar-refractivity contribution >= 4 is 17.5 Å². The van der Waals surface area contributed by atoms with Crippen LogP contribution >= 0.6 is 11.6 Å². The minimum Gasteiger partial charge on any atom is -0.406 e. The Hall–Kier alpha value is -2.29. The lowest BCUT2D eigenvalue weighted by molar-refractivity contribution is -0.274. The van der Waals surface area contributed by atoms with E-state index in [-0.39, 0.29) is 18.1 Å². The van der Waals surface area contributed by atoms with Crippen LogP contribution in [0.5, 0.6) is 5.75 Å². The molecule has 0 aliphatic carbocycles. The summed E-state index contributed by atoms with van der Waals surface area (Å²) in [5.41, 5.74) is 1.18. The molecule has 1 saturated heterocycles. The van der Waals surface area contributed by atoms with Crippen molar-refractivity contribution in [2.45, 2.75) is 37.8 Å². The highest BCUT2D eigenvalue weighted by molar-refractivity contribution is 6.30. The average Bonchev–Trinajstić information content (AvgIpc) is 3.21. The number of hydrogen-bond acceptors (Lipinski definition) is 4. The first kappa shape index (κ1) is 23.4. The van der Waals surface area contributed by atoms with Crippen LogP contribution in [0.1, 0.15) is 30.1 Å². The smallest absolute Gasteiger partial charge is 0.406 e. The van der Waals surface area contributed by atoms with Crippen LogP contribution in [0.3, 0.4) is 0 Å². The molecule has 168 valence electrons. The monoisotopic (exact) mass is 456 g/mol. The highest BCUT2D eigenvalue weighted by Crippen LogP contribution is 2.24. The number of alkyl halides is 3. The predicted octanol–water partition coefficient (Wildman–Crippen LogP) is 4.10. The Labute approximate surface area is 183 Å². The van der Waals surface area contributed by atoms with Crippen LogP contribution in [-0.2, 0) is 11.2 Å². The molecule has 0 bridgehead atoms. The van der Waals surface area contributed by atoms with Crippen molar-refractivity contribution in [1.29, 1.82) is 0 Å². The summed E-state index contributed by atoms with van der Waals surface area (Å²) in [7, 11) is 0. The quantitative estimate of drug-likeness (QED) is 0.628. The zero-order valence-corrected chi connectivity index (χ0v) is 17.5. The Morgan fingerprint density at radius 2 is 1.71 bits per heavy atom. The summed E-state index contributed by atoms with van der Waals surface area (Å²) < 4.78 is 40.7. The fourth-order valence-electron chi connectivity index (χ4n) is 3.61. The van der Waals surface area contributed by atoms with Crippen LogP contribution in [0, 0.1) is 0 Å². The molecule has 0 radical (unpaired) electrons. The van der Waals surface area contributed by atoms with Gasteiger partial charge in [-0.1, -0.05) is 35.9 Å². The lowest BCUT2D eigenvalue weighted by atomic mass is 10.0. The number of hydrogen-bond donors (Lipinski definition) is 2. The molecule has 1 heterocycles. The zero-order chi connectivity index (χ0) is 22.4. The summed E-state index contributed by atoms with van der Waals surface area (Å²) in [4.78, 5) is 14.8. The number of carbonyl (C=O) groups excluding carboxylic acids is 1. The van der Waals surface area contributed by atoms with Crippen molar-refractivity contribution in [2.24, 2.45) is 0 Å². The van der Waals surface area contributed by atoms with Crippen molar-refractivity contribution in [2.75, 3.05) is 19.6 Å². The van der Waals surface area contributed by atoms with E-state index in [0.29, 0.717) is 22.7 Å². The van der Waals surface area contributed by atoms with Gasteiger partial charge < -0.3 is 20.1 Å². The van der Waals surface area contributed by atoms with E-state index in [9.17, 15) is 23.1 Å². The second kappa shape index (κ2) is 10.3. The molecule has 1 aliphatic rings. The van der Waals surface area contributed by atoms with Crippen molar-refractivity contribution < 1.29 is 27.8 Å². The number of benzene rings is 2. The minimum atomic E-state index is -4.76. The van der Waals surface area contributed by atoms with E-state index in [2.05, 4.69) is 15.0 Å². The number of halogens is 4. The van der Waals surface area contributed by atoms with Gasteiger partial charge in [-0.2, -0.15) is 0 Å². The molecule has 0 unspecified atom stereocenters. The number of likely N-dealkylation sites (tertiary alicyclic amines) is 1. The molecule has 0 spiro atoms. The Morgan fingerprint density at radius 1 is 1.10 bits per heavy atom. The molecule has 2 N–H and O–H groups in total. The Kier molecular flexibility index (Phi) is 7.80. The third kappa shape index (κ3) is 7.41. The van der Waals surface area contributed by atoms with E-state index in [4.69, 9.17) is 11.6 Å². The number of rotatable bonds is 8. The van der Waals surface area contributed by atoms with Gasteiger partial charge in [-0.05, 0) is 61.3 Å². The summed E-state index contributed by atoms with van der Waals surface area (Å²) in [6.45, 7) is 2.30. The average molecular weight is 457 g/mol. The normalized spacial score (nSPS) is 16.7. The Balaban J connectivity index is 1.65. The lowest BCUT2D eigenvalue weighted by Gasteiger charge is -2.29.